The van der Waals surface area contributed by atoms with Crippen LogP contribution in [0.1, 0.15) is 5.69 Å². The van der Waals surface area contributed by atoms with E-state index in [1.54, 1.807) is 0 Å². The molecule has 0 aromatic carbocycles. The Balaban J connectivity index is 2.58. The van der Waals surface area contributed by atoms with Crippen LogP contribution in [0.15, 0.2) is 22.9 Å². The molecule has 74 valence electrons. The molecule has 0 bridgehead atoms. The summed E-state index contributed by atoms with van der Waals surface area (Å²) in [5, 5.41) is 0.682. The number of halogens is 2. The summed E-state index contributed by atoms with van der Waals surface area (Å²) in [4.78, 5) is 4.42. The van der Waals surface area contributed by atoms with E-state index in [0.717, 1.165) is 22.2 Å². The summed E-state index contributed by atoms with van der Waals surface area (Å²) >= 11 is 9.32. The van der Waals surface area contributed by atoms with Crippen LogP contribution in [0.5, 0.6) is 0 Å². The molecule has 0 fully saturated rings. The lowest BCUT2D eigenvalue weighted by Gasteiger charge is -1.96. The van der Waals surface area contributed by atoms with Crippen LogP contribution in [0.2, 0.25) is 5.02 Å². The van der Waals surface area contributed by atoms with E-state index in [1.807, 2.05) is 22.9 Å². The van der Waals surface area contributed by atoms with Crippen LogP contribution in [0.4, 0.5) is 0 Å². The molecule has 0 spiro atoms. The van der Waals surface area contributed by atoms with Crippen LogP contribution >= 0.6 is 27.5 Å². The van der Waals surface area contributed by atoms with Gasteiger partial charge in [0.1, 0.15) is 0 Å². The molecule has 2 aromatic rings. The lowest BCUT2D eigenvalue weighted by Crippen LogP contribution is -2.02. The molecular formula is C9H9BrClN3. The first-order chi connectivity index (χ1) is 6.70. The summed E-state index contributed by atoms with van der Waals surface area (Å²) in [5.74, 6) is 0. The molecule has 2 rings (SSSR count). The van der Waals surface area contributed by atoms with Crippen LogP contribution in [0.25, 0.3) is 5.65 Å². The van der Waals surface area contributed by atoms with Gasteiger partial charge >= 0.3 is 0 Å². The summed E-state index contributed by atoms with van der Waals surface area (Å²) in [7, 11) is 0. The van der Waals surface area contributed by atoms with Gasteiger partial charge in [-0.25, -0.2) is 4.98 Å². The van der Waals surface area contributed by atoms with Crippen molar-refractivity contribution in [1.29, 1.82) is 0 Å². The second-order valence-corrected chi connectivity index (χ2v) is 4.30. The van der Waals surface area contributed by atoms with Crippen molar-refractivity contribution in [2.75, 3.05) is 6.54 Å². The van der Waals surface area contributed by atoms with E-state index in [0.29, 0.717) is 11.6 Å². The quantitative estimate of drug-likeness (QED) is 0.913. The highest BCUT2D eigenvalue weighted by atomic mass is 79.9. The molecule has 0 saturated carbocycles. The van der Waals surface area contributed by atoms with E-state index in [-0.39, 0.29) is 0 Å². The summed E-state index contributed by atoms with van der Waals surface area (Å²) in [6, 6.07) is 1.83. The van der Waals surface area contributed by atoms with Crippen molar-refractivity contribution in [3.8, 4) is 0 Å². The molecule has 0 saturated heterocycles. The molecule has 0 aliphatic rings. The van der Waals surface area contributed by atoms with Gasteiger partial charge in [0.2, 0.25) is 0 Å². The highest BCUT2D eigenvalue weighted by Gasteiger charge is 2.05. The predicted octanol–water partition coefficient (Wildman–Crippen LogP) is 2.25. The Morgan fingerprint density at radius 2 is 2.29 bits per heavy atom. The number of nitrogens with two attached hydrogens (primary N) is 1. The molecule has 2 aromatic heterocycles. The molecule has 0 aliphatic heterocycles. The van der Waals surface area contributed by atoms with Gasteiger partial charge in [-0.15, -0.1) is 0 Å². The van der Waals surface area contributed by atoms with Crippen molar-refractivity contribution in [3.63, 3.8) is 0 Å². The van der Waals surface area contributed by atoms with Crippen LogP contribution in [-0.4, -0.2) is 15.9 Å². The maximum Gasteiger partial charge on any atom is 0.151 e. The Hall–Kier alpha value is -0.580. The third-order valence-electron chi connectivity index (χ3n) is 1.92. The fourth-order valence-electron chi connectivity index (χ4n) is 1.34. The predicted molar refractivity (Wildman–Crippen MR) is 60.7 cm³/mol. The van der Waals surface area contributed by atoms with Crippen molar-refractivity contribution in [2.45, 2.75) is 6.42 Å². The molecule has 0 radical (unpaired) electrons. The van der Waals surface area contributed by atoms with E-state index in [9.17, 15) is 0 Å². The molecule has 2 heterocycles. The average molecular weight is 275 g/mol. The number of rotatable bonds is 2. The Labute approximate surface area is 95.0 Å². The maximum atomic E-state index is 5.91. The number of imidazole rings is 1. The van der Waals surface area contributed by atoms with Gasteiger partial charge in [0, 0.05) is 18.8 Å². The molecule has 0 amide bonds. The van der Waals surface area contributed by atoms with Gasteiger partial charge in [-0.2, -0.15) is 0 Å². The molecular weight excluding hydrogens is 265 g/mol. The molecule has 0 aliphatic carbocycles. The maximum absolute atomic E-state index is 5.91. The van der Waals surface area contributed by atoms with Gasteiger partial charge in [-0.1, -0.05) is 11.6 Å². The van der Waals surface area contributed by atoms with Crippen molar-refractivity contribution in [3.05, 3.63) is 33.6 Å². The molecule has 3 nitrogen and oxygen atoms in total. The van der Waals surface area contributed by atoms with Gasteiger partial charge in [-0.3, -0.25) is 0 Å². The van der Waals surface area contributed by atoms with Crippen molar-refractivity contribution in [2.24, 2.45) is 5.73 Å². The van der Waals surface area contributed by atoms with E-state index in [1.165, 1.54) is 0 Å². The second kappa shape index (κ2) is 3.88. The smallest absolute Gasteiger partial charge is 0.151 e. The number of aromatic nitrogens is 2. The normalized spacial score (nSPS) is 11.1. The summed E-state index contributed by atoms with van der Waals surface area (Å²) in [6.07, 6.45) is 4.55. The Bertz CT molecular complexity index is 466. The first-order valence-corrected chi connectivity index (χ1v) is 5.40. The van der Waals surface area contributed by atoms with Crippen LogP contribution < -0.4 is 5.73 Å². The number of pyridine rings is 1. The summed E-state index contributed by atoms with van der Waals surface area (Å²) in [5.41, 5.74) is 7.32. The molecule has 2 N–H and O–H groups in total. The van der Waals surface area contributed by atoms with Gasteiger partial charge in [0.05, 0.1) is 15.2 Å². The number of hydrogen-bond acceptors (Lipinski definition) is 2. The summed E-state index contributed by atoms with van der Waals surface area (Å²) in [6.45, 7) is 0.606. The second-order valence-electron chi connectivity index (χ2n) is 3.01. The molecule has 0 atom stereocenters. The van der Waals surface area contributed by atoms with Gasteiger partial charge < -0.3 is 10.1 Å². The highest BCUT2D eigenvalue weighted by molar-refractivity contribution is 9.10. The SMILES string of the molecule is NCCc1cn2cc(Cl)cc(Br)c2n1. The molecule has 5 heteroatoms. The zero-order valence-corrected chi connectivity index (χ0v) is 9.72. The first kappa shape index (κ1) is 9.96. The fraction of sp³-hybridized carbons (Fsp3) is 0.222. The average Bonchev–Trinajstić information content (AvgIpc) is 2.48. The van der Waals surface area contributed by atoms with E-state index in [4.69, 9.17) is 17.3 Å². The fourth-order valence-corrected chi connectivity index (χ4v) is 2.23. The largest absolute Gasteiger partial charge is 0.330 e. The Morgan fingerprint density at radius 3 is 3.00 bits per heavy atom. The number of fused-ring (bicyclic) bond motifs is 1. The lowest BCUT2D eigenvalue weighted by atomic mass is 10.3. The highest BCUT2D eigenvalue weighted by Crippen LogP contribution is 2.22. The van der Waals surface area contributed by atoms with Gasteiger partial charge in [0.15, 0.2) is 5.65 Å². The third kappa shape index (κ3) is 1.78. The minimum absolute atomic E-state index is 0.606. The van der Waals surface area contributed by atoms with Crippen molar-refractivity contribution in [1.82, 2.24) is 9.38 Å². The van der Waals surface area contributed by atoms with E-state index in [2.05, 4.69) is 20.9 Å². The van der Waals surface area contributed by atoms with Crippen LogP contribution in [0, 0.1) is 0 Å². The van der Waals surface area contributed by atoms with E-state index < -0.39 is 0 Å². The standard InChI is InChI=1S/C9H9BrClN3/c10-8-3-6(11)4-14-5-7(1-2-12)13-9(8)14/h3-5H,1-2,12H2. The van der Waals surface area contributed by atoms with Crippen LogP contribution in [0.3, 0.4) is 0 Å². The number of hydrogen-bond donors (Lipinski definition) is 1. The monoisotopic (exact) mass is 273 g/mol. The van der Waals surface area contributed by atoms with E-state index >= 15 is 0 Å². The van der Waals surface area contributed by atoms with Gasteiger partial charge in [0.25, 0.3) is 0 Å². The van der Waals surface area contributed by atoms with Crippen molar-refractivity contribution >= 4 is 33.2 Å². The lowest BCUT2D eigenvalue weighted by molar-refractivity contribution is 0.937. The Morgan fingerprint density at radius 1 is 1.50 bits per heavy atom. The minimum Gasteiger partial charge on any atom is -0.330 e. The van der Waals surface area contributed by atoms with Gasteiger partial charge in [-0.05, 0) is 28.5 Å². The zero-order valence-electron chi connectivity index (χ0n) is 7.37. The zero-order chi connectivity index (χ0) is 10.1. The first-order valence-electron chi connectivity index (χ1n) is 4.23. The molecule has 14 heavy (non-hydrogen) atoms. The molecule has 0 unspecified atom stereocenters. The van der Waals surface area contributed by atoms with Crippen molar-refractivity contribution < 1.29 is 0 Å². The van der Waals surface area contributed by atoms with Crippen LogP contribution in [-0.2, 0) is 6.42 Å². The minimum atomic E-state index is 0.606. The topological polar surface area (TPSA) is 43.3 Å². The summed E-state index contributed by atoms with van der Waals surface area (Å²) < 4.78 is 2.80. The third-order valence-corrected chi connectivity index (χ3v) is 2.71. The Kier molecular flexibility index (Phi) is 2.76. The number of nitrogens with zero attached hydrogens (tertiary/aromatic N) is 2.